The summed E-state index contributed by atoms with van der Waals surface area (Å²) in [5.74, 6) is 0. The first-order chi connectivity index (χ1) is 5.95. The molecule has 0 aromatic carbocycles. The van der Waals surface area contributed by atoms with E-state index in [1.54, 1.807) is 0 Å². The molecule has 0 aliphatic rings. The van der Waals surface area contributed by atoms with Gasteiger partial charge in [-0.1, -0.05) is 0 Å². The molecule has 3 N–H and O–H groups in total. The third-order valence-corrected chi connectivity index (χ3v) is 1.36. The van der Waals surface area contributed by atoms with Crippen LogP contribution in [0.3, 0.4) is 0 Å². The van der Waals surface area contributed by atoms with Gasteiger partial charge in [0.25, 0.3) is 0 Å². The van der Waals surface area contributed by atoms with Crippen molar-refractivity contribution in [2.75, 3.05) is 26.3 Å². The van der Waals surface area contributed by atoms with Crippen LogP contribution < -0.4 is 11.1 Å². The summed E-state index contributed by atoms with van der Waals surface area (Å²) in [5.41, 5.74) is 5.27. The van der Waals surface area contributed by atoms with Gasteiger partial charge in [0.05, 0.1) is 6.61 Å². The Hall–Kier alpha value is -0.330. The number of halogens is 3. The van der Waals surface area contributed by atoms with Gasteiger partial charge >= 0.3 is 6.18 Å². The average Bonchev–Trinajstić information content (AvgIpc) is 2.01. The van der Waals surface area contributed by atoms with Gasteiger partial charge in [0.1, 0.15) is 6.61 Å². The van der Waals surface area contributed by atoms with Crippen LogP contribution in [-0.4, -0.2) is 38.5 Å². The highest BCUT2D eigenvalue weighted by Gasteiger charge is 2.27. The van der Waals surface area contributed by atoms with Crippen LogP contribution in [0.1, 0.15) is 6.92 Å². The van der Waals surface area contributed by atoms with E-state index in [0.717, 1.165) is 0 Å². The second kappa shape index (κ2) is 6.17. The number of hydrogen-bond acceptors (Lipinski definition) is 3. The number of alkyl halides is 3. The van der Waals surface area contributed by atoms with Crippen LogP contribution in [0.2, 0.25) is 0 Å². The predicted octanol–water partition coefficient (Wildman–Crippen LogP) is 0.502. The van der Waals surface area contributed by atoms with Crippen molar-refractivity contribution in [3.05, 3.63) is 0 Å². The Balaban J connectivity index is 3.18. The SMILES string of the molecule is C[C@@H](CN)NCCOCC(F)(F)F. The first kappa shape index (κ1) is 12.7. The monoisotopic (exact) mass is 200 g/mol. The van der Waals surface area contributed by atoms with Gasteiger partial charge in [0.2, 0.25) is 0 Å². The maximum Gasteiger partial charge on any atom is 0.411 e. The third-order valence-electron chi connectivity index (χ3n) is 1.36. The van der Waals surface area contributed by atoms with Crippen LogP contribution in [-0.2, 0) is 4.74 Å². The summed E-state index contributed by atoms with van der Waals surface area (Å²) in [6.07, 6.45) is -4.24. The first-order valence-electron chi connectivity index (χ1n) is 4.03. The largest absolute Gasteiger partial charge is 0.411 e. The molecule has 0 unspecified atom stereocenters. The van der Waals surface area contributed by atoms with Gasteiger partial charge in [-0.05, 0) is 6.92 Å². The van der Waals surface area contributed by atoms with E-state index in [1.807, 2.05) is 6.92 Å². The molecule has 0 radical (unpaired) electrons. The van der Waals surface area contributed by atoms with Crippen LogP contribution in [0.5, 0.6) is 0 Å². The Kier molecular flexibility index (Phi) is 6.02. The van der Waals surface area contributed by atoms with Crippen LogP contribution in [0, 0.1) is 0 Å². The number of hydrogen-bond donors (Lipinski definition) is 2. The molecular weight excluding hydrogens is 185 g/mol. The molecule has 1 atom stereocenters. The first-order valence-corrected chi connectivity index (χ1v) is 4.03. The summed E-state index contributed by atoms with van der Waals surface area (Å²) in [7, 11) is 0. The zero-order chi connectivity index (χ0) is 10.3. The minimum absolute atomic E-state index is 0.0455. The summed E-state index contributed by atoms with van der Waals surface area (Å²) in [5, 5.41) is 2.90. The van der Waals surface area contributed by atoms with Crippen molar-refractivity contribution < 1.29 is 17.9 Å². The molecule has 3 nitrogen and oxygen atoms in total. The Labute approximate surface area is 75.4 Å². The summed E-state index contributed by atoms with van der Waals surface area (Å²) >= 11 is 0. The molecule has 0 aromatic rings. The fourth-order valence-electron chi connectivity index (χ4n) is 0.649. The van der Waals surface area contributed by atoms with Crippen molar-refractivity contribution in [3.8, 4) is 0 Å². The molecule has 0 spiro atoms. The van der Waals surface area contributed by atoms with E-state index in [1.165, 1.54) is 0 Å². The Bertz CT molecular complexity index is 129. The average molecular weight is 200 g/mol. The van der Waals surface area contributed by atoms with Crippen molar-refractivity contribution in [2.24, 2.45) is 5.73 Å². The minimum Gasteiger partial charge on any atom is -0.371 e. The maximum absolute atomic E-state index is 11.5. The maximum atomic E-state index is 11.5. The fourth-order valence-corrected chi connectivity index (χ4v) is 0.649. The van der Waals surface area contributed by atoms with Gasteiger partial charge in [-0.3, -0.25) is 0 Å². The van der Waals surface area contributed by atoms with Gasteiger partial charge < -0.3 is 15.8 Å². The fraction of sp³-hybridized carbons (Fsp3) is 1.00. The molecule has 80 valence electrons. The molecule has 13 heavy (non-hydrogen) atoms. The second-order valence-corrected chi connectivity index (χ2v) is 2.76. The quantitative estimate of drug-likeness (QED) is 0.614. The number of ether oxygens (including phenoxy) is 1. The second-order valence-electron chi connectivity index (χ2n) is 2.76. The molecule has 0 saturated carbocycles. The van der Waals surface area contributed by atoms with Crippen LogP contribution in [0.25, 0.3) is 0 Å². The Morgan fingerprint density at radius 3 is 2.54 bits per heavy atom. The highest BCUT2D eigenvalue weighted by atomic mass is 19.4. The molecule has 0 saturated heterocycles. The normalized spacial score (nSPS) is 14.5. The molecule has 0 rings (SSSR count). The van der Waals surface area contributed by atoms with Crippen molar-refractivity contribution in [2.45, 2.75) is 19.1 Å². The highest BCUT2D eigenvalue weighted by Crippen LogP contribution is 2.13. The molecule has 0 bridgehead atoms. The van der Waals surface area contributed by atoms with E-state index >= 15 is 0 Å². The van der Waals surface area contributed by atoms with Gasteiger partial charge in [-0.2, -0.15) is 13.2 Å². The van der Waals surface area contributed by atoms with E-state index < -0.39 is 12.8 Å². The standard InChI is InChI=1S/C7H15F3N2O/c1-6(4-11)12-2-3-13-5-7(8,9)10/h6,12H,2-5,11H2,1H3/t6-/m0/s1. The van der Waals surface area contributed by atoms with Crippen LogP contribution in [0.4, 0.5) is 13.2 Å². The Morgan fingerprint density at radius 1 is 1.46 bits per heavy atom. The lowest BCUT2D eigenvalue weighted by Gasteiger charge is -2.11. The summed E-state index contributed by atoms with van der Waals surface area (Å²) < 4.78 is 39.0. The lowest BCUT2D eigenvalue weighted by Crippen LogP contribution is -2.35. The van der Waals surface area contributed by atoms with E-state index in [2.05, 4.69) is 10.1 Å². The topological polar surface area (TPSA) is 47.3 Å². The molecular formula is C7H15F3N2O. The molecule has 0 fully saturated rings. The van der Waals surface area contributed by atoms with Crippen molar-refractivity contribution in [3.63, 3.8) is 0 Å². The number of rotatable bonds is 6. The molecule has 0 amide bonds. The van der Waals surface area contributed by atoms with Crippen molar-refractivity contribution in [1.82, 2.24) is 5.32 Å². The summed E-state index contributed by atoms with van der Waals surface area (Å²) in [4.78, 5) is 0. The number of nitrogens with one attached hydrogen (secondary N) is 1. The lowest BCUT2D eigenvalue weighted by atomic mass is 10.3. The van der Waals surface area contributed by atoms with E-state index in [0.29, 0.717) is 13.1 Å². The van der Waals surface area contributed by atoms with Gasteiger partial charge in [-0.25, -0.2) is 0 Å². The minimum atomic E-state index is -4.24. The van der Waals surface area contributed by atoms with Crippen molar-refractivity contribution >= 4 is 0 Å². The Morgan fingerprint density at radius 2 is 2.08 bits per heavy atom. The zero-order valence-electron chi connectivity index (χ0n) is 7.53. The molecule has 0 heterocycles. The third kappa shape index (κ3) is 9.59. The number of nitrogens with two attached hydrogens (primary N) is 1. The summed E-state index contributed by atoms with van der Waals surface area (Å²) in [6, 6.07) is 0.106. The van der Waals surface area contributed by atoms with Crippen molar-refractivity contribution in [1.29, 1.82) is 0 Å². The molecule has 0 aliphatic heterocycles. The van der Waals surface area contributed by atoms with Gasteiger partial charge in [-0.15, -0.1) is 0 Å². The van der Waals surface area contributed by atoms with Crippen LogP contribution >= 0.6 is 0 Å². The van der Waals surface area contributed by atoms with E-state index in [9.17, 15) is 13.2 Å². The highest BCUT2D eigenvalue weighted by molar-refractivity contribution is 4.59. The van der Waals surface area contributed by atoms with E-state index in [-0.39, 0.29) is 12.6 Å². The predicted molar refractivity (Wildman–Crippen MR) is 43.4 cm³/mol. The molecule has 6 heteroatoms. The smallest absolute Gasteiger partial charge is 0.371 e. The molecule has 0 aliphatic carbocycles. The van der Waals surface area contributed by atoms with Gasteiger partial charge in [0, 0.05) is 19.1 Å². The van der Waals surface area contributed by atoms with E-state index in [4.69, 9.17) is 5.73 Å². The summed E-state index contributed by atoms with van der Waals surface area (Å²) in [6.45, 7) is 1.55. The molecule has 0 aromatic heterocycles. The lowest BCUT2D eigenvalue weighted by molar-refractivity contribution is -0.173. The zero-order valence-corrected chi connectivity index (χ0v) is 7.53. The van der Waals surface area contributed by atoms with Gasteiger partial charge in [0.15, 0.2) is 0 Å². The van der Waals surface area contributed by atoms with Crippen LogP contribution in [0.15, 0.2) is 0 Å².